The molecule has 0 atom stereocenters. The van der Waals surface area contributed by atoms with Crippen LogP contribution in [0.5, 0.6) is 0 Å². The maximum atomic E-state index is 12.2. The number of aromatic nitrogens is 5. The van der Waals surface area contributed by atoms with Gasteiger partial charge in [0.2, 0.25) is 5.78 Å². The zero-order chi connectivity index (χ0) is 15.5. The third-order valence-electron chi connectivity index (χ3n) is 4.26. The van der Waals surface area contributed by atoms with E-state index < -0.39 is 0 Å². The first-order valence-corrected chi connectivity index (χ1v) is 7.76. The van der Waals surface area contributed by atoms with Gasteiger partial charge in [0.25, 0.3) is 0 Å². The Kier molecular flexibility index (Phi) is 4.18. The number of rotatable bonds is 4. The van der Waals surface area contributed by atoms with Gasteiger partial charge in [-0.25, -0.2) is 4.68 Å². The van der Waals surface area contributed by atoms with E-state index in [1.807, 2.05) is 24.0 Å². The summed E-state index contributed by atoms with van der Waals surface area (Å²) in [7, 11) is 3.64. The van der Waals surface area contributed by atoms with Gasteiger partial charge in [0.15, 0.2) is 0 Å². The molecule has 2 aromatic heterocycles. The minimum Gasteiger partial charge on any atom is -0.287 e. The minimum atomic E-state index is -0.0917. The van der Waals surface area contributed by atoms with E-state index in [1.165, 1.54) is 43.0 Å². The molecule has 3 rings (SSSR count). The number of nitrogens with zero attached hydrogens (tertiary/aromatic N) is 5. The first-order chi connectivity index (χ1) is 10.6. The number of ketones is 1. The van der Waals surface area contributed by atoms with E-state index in [2.05, 4.69) is 15.4 Å². The fourth-order valence-corrected chi connectivity index (χ4v) is 3.11. The van der Waals surface area contributed by atoms with Gasteiger partial charge in [0.05, 0.1) is 11.9 Å². The van der Waals surface area contributed by atoms with Gasteiger partial charge in [0.1, 0.15) is 5.69 Å². The molecule has 2 aromatic rings. The summed E-state index contributed by atoms with van der Waals surface area (Å²) in [5, 5.41) is 12.1. The van der Waals surface area contributed by atoms with Crippen LogP contribution in [0.3, 0.4) is 0 Å². The predicted octanol–water partition coefficient (Wildman–Crippen LogP) is 2.49. The predicted molar refractivity (Wildman–Crippen MR) is 83.4 cm³/mol. The fourth-order valence-electron chi connectivity index (χ4n) is 3.11. The number of hydrogen-bond acceptors (Lipinski definition) is 4. The zero-order valence-electron chi connectivity index (χ0n) is 13.1. The third-order valence-corrected chi connectivity index (χ3v) is 4.26. The smallest absolute Gasteiger partial charge is 0.205 e. The van der Waals surface area contributed by atoms with Crippen LogP contribution in [0.4, 0.5) is 0 Å². The van der Waals surface area contributed by atoms with E-state index in [-0.39, 0.29) is 5.78 Å². The molecule has 0 saturated heterocycles. The van der Waals surface area contributed by atoms with Gasteiger partial charge in [-0.2, -0.15) is 5.10 Å². The Hall–Kier alpha value is -2.24. The molecule has 6 nitrogen and oxygen atoms in total. The highest BCUT2D eigenvalue weighted by molar-refractivity contribution is 6.05. The van der Waals surface area contributed by atoms with Crippen LogP contribution in [-0.2, 0) is 14.1 Å². The van der Waals surface area contributed by atoms with Crippen LogP contribution in [-0.4, -0.2) is 30.6 Å². The normalized spacial score (nSPS) is 16.5. The summed E-state index contributed by atoms with van der Waals surface area (Å²) in [6, 6.07) is 0. The minimum absolute atomic E-state index is 0.0917. The molecule has 0 aromatic carbocycles. The average Bonchev–Trinajstić information content (AvgIpc) is 3.11. The second kappa shape index (κ2) is 6.25. The molecule has 0 aliphatic heterocycles. The van der Waals surface area contributed by atoms with Crippen LogP contribution >= 0.6 is 0 Å². The molecule has 0 amide bonds. The van der Waals surface area contributed by atoms with Crippen LogP contribution < -0.4 is 0 Å². The third kappa shape index (κ3) is 3.00. The van der Waals surface area contributed by atoms with Crippen LogP contribution in [0.1, 0.15) is 59.8 Å². The summed E-state index contributed by atoms with van der Waals surface area (Å²) in [5.74, 6) is 0.425. The average molecular weight is 299 g/mol. The summed E-state index contributed by atoms with van der Waals surface area (Å²) in [5.41, 5.74) is 2.65. The molecule has 1 fully saturated rings. The van der Waals surface area contributed by atoms with Crippen molar-refractivity contribution >= 4 is 11.9 Å². The fraction of sp³-hybridized carbons (Fsp3) is 0.500. The van der Waals surface area contributed by atoms with E-state index in [1.54, 1.807) is 13.1 Å². The number of carbonyl (C=O) groups excluding carboxylic acids is 1. The molecule has 0 spiro atoms. The molecule has 1 aliphatic carbocycles. The SMILES string of the molecule is Cn1cc(C=CC(=O)c2cnnn2C)c(C2CCCCC2)n1. The molecule has 0 bridgehead atoms. The Labute approximate surface area is 129 Å². The second-order valence-electron chi connectivity index (χ2n) is 5.92. The standard InChI is InChI=1S/C16H21N5O/c1-20-11-13(16(18-20)12-6-4-3-5-7-12)8-9-15(22)14-10-17-19-21(14)2/h8-12H,3-7H2,1-2H3. The quantitative estimate of drug-likeness (QED) is 0.642. The van der Waals surface area contributed by atoms with Gasteiger partial charge < -0.3 is 0 Å². The van der Waals surface area contributed by atoms with E-state index in [0.29, 0.717) is 11.6 Å². The lowest BCUT2D eigenvalue weighted by Crippen LogP contribution is -2.07. The van der Waals surface area contributed by atoms with Crippen molar-refractivity contribution in [3.63, 3.8) is 0 Å². The zero-order valence-corrected chi connectivity index (χ0v) is 13.1. The largest absolute Gasteiger partial charge is 0.287 e. The molecule has 22 heavy (non-hydrogen) atoms. The van der Waals surface area contributed by atoms with Crippen molar-refractivity contribution in [3.05, 3.63) is 35.4 Å². The molecule has 0 unspecified atom stereocenters. The molecule has 0 radical (unpaired) electrons. The monoisotopic (exact) mass is 299 g/mol. The van der Waals surface area contributed by atoms with Crippen molar-refractivity contribution < 1.29 is 4.79 Å². The van der Waals surface area contributed by atoms with Gasteiger partial charge in [0, 0.05) is 31.8 Å². The highest BCUT2D eigenvalue weighted by Gasteiger charge is 2.20. The van der Waals surface area contributed by atoms with Gasteiger partial charge >= 0.3 is 0 Å². The van der Waals surface area contributed by atoms with Gasteiger partial charge in [-0.1, -0.05) is 24.5 Å². The van der Waals surface area contributed by atoms with Gasteiger partial charge in [-0.3, -0.25) is 9.48 Å². The number of hydrogen-bond donors (Lipinski definition) is 0. The highest BCUT2D eigenvalue weighted by atomic mass is 16.1. The maximum absolute atomic E-state index is 12.2. The van der Waals surface area contributed by atoms with Crippen molar-refractivity contribution in [2.45, 2.75) is 38.0 Å². The molecule has 1 aliphatic rings. The first kappa shape index (κ1) is 14.7. The molecule has 0 N–H and O–H groups in total. The lowest BCUT2D eigenvalue weighted by atomic mass is 9.85. The summed E-state index contributed by atoms with van der Waals surface area (Å²) < 4.78 is 3.32. The summed E-state index contributed by atoms with van der Waals surface area (Å²) in [6.07, 6.45) is 13.2. The van der Waals surface area contributed by atoms with E-state index in [9.17, 15) is 4.79 Å². The molecular formula is C16H21N5O. The number of aryl methyl sites for hydroxylation is 2. The van der Waals surface area contributed by atoms with E-state index in [0.717, 1.165) is 11.3 Å². The van der Waals surface area contributed by atoms with E-state index >= 15 is 0 Å². The van der Waals surface area contributed by atoms with Crippen LogP contribution in [0.15, 0.2) is 18.5 Å². The summed E-state index contributed by atoms with van der Waals surface area (Å²) in [4.78, 5) is 12.2. The Balaban J connectivity index is 1.81. The summed E-state index contributed by atoms with van der Waals surface area (Å²) >= 11 is 0. The van der Waals surface area contributed by atoms with Crippen molar-refractivity contribution in [2.24, 2.45) is 14.1 Å². The van der Waals surface area contributed by atoms with Crippen molar-refractivity contribution in [1.29, 1.82) is 0 Å². The molecule has 2 heterocycles. The van der Waals surface area contributed by atoms with Crippen LogP contribution in [0.2, 0.25) is 0 Å². The van der Waals surface area contributed by atoms with Crippen LogP contribution in [0.25, 0.3) is 6.08 Å². The number of carbonyl (C=O) groups is 1. The van der Waals surface area contributed by atoms with Crippen LogP contribution in [0, 0.1) is 0 Å². The Morgan fingerprint density at radius 3 is 2.73 bits per heavy atom. The highest BCUT2D eigenvalue weighted by Crippen LogP contribution is 2.33. The lowest BCUT2D eigenvalue weighted by Gasteiger charge is -2.20. The molecular weight excluding hydrogens is 278 g/mol. The maximum Gasteiger partial charge on any atom is 0.205 e. The first-order valence-electron chi connectivity index (χ1n) is 7.76. The Bertz CT molecular complexity index is 691. The molecule has 116 valence electrons. The molecule has 6 heteroatoms. The topological polar surface area (TPSA) is 65.6 Å². The summed E-state index contributed by atoms with van der Waals surface area (Å²) in [6.45, 7) is 0. The van der Waals surface area contributed by atoms with Crippen molar-refractivity contribution in [3.8, 4) is 0 Å². The van der Waals surface area contributed by atoms with Crippen molar-refractivity contribution in [2.75, 3.05) is 0 Å². The number of allylic oxidation sites excluding steroid dienone is 1. The molecule has 1 saturated carbocycles. The van der Waals surface area contributed by atoms with Gasteiger partial charge in [-0.05, 0) is 25.0 Å². The Morgan fingerprint density at radius 2 is 2.05 bits per heavy atom. The Morgan fingerprint density at radius 1 is 1.27 bits per heavy atom. The lowest BCUT2D eigenvalue weighted by molar-refractivity contribution is 0.103. The van der Waals surface area contributed by atoms with Crippen molar-refractivity contribution in [1.82, 2.24) is 24.8 Å². The van der Waals surface area contributed by atoms with Gasteiger partial charge in [-0.15, -0.1) is 5.10 Å². The second-order valence-corrected chi connectivity index (χ2v) is 5.92. The van der Waals surface area contributed by atoms with E-state index in [4.69, 9.17) is 0 Å².